The molecule has 1 aromatic heterocycles. The lowest BCUT2D eigenvalue weighted by Gasteiger charge is -2.13. The van der Waals surface area contributed by atoms with E-state index < -0.39 is 0 Å². The van der Waals surface area contributed by atoms with Gasteiger partial charge in [0.2, 0.25) is 5.16 Å². The molecule has 0 aliphatic rings. The molecule has 0 amide bonds. The van der Waals surface area contributed by atoms with Crippen LogP contribution < -0.4 is 10.1 Å². The number of benzene rings is 2. The molecule has 0 radical (unpaired) electrons. The number of aryl methyl sites for hydroxylation is 2. The molecule has 3 aromatic rings. The summed E-state index contributed by atoms with van der Waals surface area (Å²) in [5, 5.41) is 15.7. The highest BCUT2D eigenvalue weighted by atomic mass is 79.9. The van der Waals surface area contributed by atoms with Crippen molar-refractivity contribution in [1.82, 2.24) is 25.5 Å². The first kappa shape index (κ1) is 22.7. The topological polar surface area (TPSA) is 64.9 Å². The molecule has 0 aliphatic heterocycles. The third kappa shape index (κ3) is 6.77. The molecule has 1 heterocycles. The van der Waals surface area contributed by atoms with Crippen molar-refractivity contribution in [3.05, 3.63) is 63.6 Å². The molecule has 3 rings (SSSR count). The zero-order valence-corrected chi connectivity index (χ0v) is 19.0. The predicted molar refractivity (Wildman–Crippen MR) is 118 cm³/mol. The van der Waals surface area contributed by atoms with Crippen LogP contribution >= 0.6 is 40.1 Å². The fourth-order valence-corrected chi connectivity index (χ4v) is 3.61. The number of ether oxygens (including phenoxy) is 1. The van der Waals surface area contributed by atoms with E-state index in [-0.39, 0.29) is 12.4 Å². The third-order valence-electron chi connectivity index (χ3n) is 3.94. The van der Waals surface area contributed by atoms with Gasteiger partial charge in [0.05, 0.1) is 0 Å². The summed E-state index contributed by atoms with van der Waals surface area (Å²) >= 11 is 5.17. The highest BCUT2D eigenvalue weighted by Gasteiger charge is 2.06. The minimum absolute atomic E-state index is 0. The van der Waals surface area contributed by atoms with Crippen molar-refractivity contribution in [2.45, 2.75) is 25.2 Å². The molecule has 0 atom stereocenters. The molecule has 0 spiro atoms. The van der Waals surface area contributed by atoms with Crippen molar-refractivity contribution >= 4 is 40.1 Å². The zero-order chi connectivity index (χ0) is 19.1. The Bertz CT molecular complexity index is 875. The van der Waals surface area contributed by atoms with E-state index in [1.165, 1.54) is 5.56 Å². The Hall–Kier alpha value is -1.61. The second-order valence-corrected chi connectivity index (χ2v) is 8.11. The van der Waals surface area contributed by atoms with Gasteiger partial charge in [-0.05, 0) is 41.1 Å². The van der Waals surface area contributed by atoms with Gasteiger partial charge < -0.3 is 10.1 Å². The first-order valence-electron chi connectivity index (χ1n) is 8.64. The molecule has 0 fully saturated rings. The molecule has 6 nitrogen and oxygen atoms in total. The van der Waals surface area contributed by atoms with Crippen LogP contribution in [0.3, 0.4) is 0 Å². The summed E-state index contributed by atoms with van der Waals surface area (Å²) < 4.78 is 8.77. The van der Waals surface area contributed by atoms with Gasteiger partial charge >= 0.3 is 0 Å². The quantitative estimate of drug-likeness (QED) is 0.363. The summed E-state index contributed by atoms with van der Waals surface area (Å²) in [7, 11) is 1.84. The largest absolute Gasteiger partial charge is 0.489 e. The van der Waals surface area contributed by atoms with Gasteiger partial charge in [-0.2, -0.15) is 0 Å². The summed E-state index contributed by atoms with van der Waals surface area (Å²) in [5.41, 5.74) is 3.54. The van der Waals surface area contributed by atoms with E-state index in [0.717, 1.165) is 45.3 Å². The van der Waals surface area contributed by atoms with Gasteiger partial charge in [-0.3, -0.25) is 0 Å². The number of thioether (sulfide) groups is 1. The van der Waals surface area contributed by atoms with Crippen molar-refractivity contribution in [3.8, 4) is 5.75 Å². The van der Waals surface area contributed by atoms with Gasteiger partial charge in [0.25, 0.3) is 0 Å². The number of hydrogen-bond donors (Lipinski definition) is 1. The summed E-state index contributed by atoms with van der Waals surface area (Å²) in [6, 6.07) is 14.5. The number of hydrogen-bond acceptors (Lipinski definition) is 6. The van der Waals surface area contributed by atoms with Crippen LogP contribution in [0.4, 0.5) is 0 Å². The van der Waals surface area contributed by atoms with E-state index in [2.05, 4.69) is 74.0 Å². The van der Waals surface area contributed by atoms with E-state index in [9.17, 15) is 0 Å². The number of nitrogens with one attached hydrogen (secondary N) is 1. The number of rotatable bonds is 9. The Labute approximate surface area is 184 Å². The first-order chi connectivity index (χ1) is 13.1. The molecule has 0 unspecified atom stereocenters. The van der Waals surface area contributed by atoms with E-state index in [0.29, 0.717) is 6.61 Å². The second kappa shape index (κ2) is 11.4. The lowest BCUT2D eigenvalue weighted by atomic mass is 10.1. The van der Waals surface area contributed by atoms with Crippen molar-refractivity contribution in [2.24, 2.45) is 7.05 Å². The van der Waals surface area contributed by atoms with Crippen LogP contribution in [0.1, 0.15) is 16.7 Å². The first-order valence-corrected chi connectivity index (χ1v) is 10.4. The van der Waals surface area contributed by atoms with Crippen LogP contribution in [0.15, 0.2) is 52.1 Å². The molecule has 0 saturated heterocycles. The lowest BCUT2D eigenvalue weighted by Crippen LogP contribution is -2.17. The van der Waals surface area contributed by atoms with E-state index in [1.54, 1.807) is 16.4 Å². The standard InChI is InChI=1S/C19H22BrN5OS.ClH/c1-14-3-5-15(6-4-14)13-26-18-8-7-17(20)11-16(18)12-21-9-10-27-19-22-23-24-25(19)2;/h3-8,11,21H,9-10,12-13H2,1-2H3;1H. The molecule has 9 heteroatoms. The maximum Gasteiger partial charge on any atom is 0.209 e. The van der Waals surface area contributed by atoms with Crippen LogP contribution in [-0.4, -0.2) is 32.5 Å². The molecule has 2 aromatic carbocycles. The molecule has 28 heavy (non-hydrogen) atoms. The molecule has 1 N–H and O–H groups in total. The molecule has 150 valence electrons. The van der Waals surface area contributed by atoms with Gasteiger partial charge in [-0.25, -0.2) is 4.68 Å². The Morgan fingerprint density at radius 2 is 1.96 bits per heavy atom. The summed E-state index contributed by atoms with van der Waals surface area (Å²) in [4.78, 5) is 0. The SMILES string of the molecule is Cc1ccc(COc2ccc(Br)cc2CNCCSc2nnnn2C)cc1.Cl. The van der Waals surface area contributed by atoms with Crippen LogP contribution in [0, 0.1) is 6.92 Å². The average Bonchev–Trinajstić information content (AvgIpc) is 3.07. The van der Waals surface area contributed by atoms with Gasteiger partial charge in [0.15, 0.2) is 0 Å². The molecule has 0 bridgehead atoms. The third-order valence-corrected chi connectivity index (χ3v) is 5.45. The van der Waals surface area contributed by atoms with Gasteiger partial charge in [0, 0.05) is 35.9 Å². The highest BCUT2D eigenvalue weighted by Crippen LogP contribution is 2.24. The van der Waals surface area contributed by atoms with Crippen molar-refractivity contribution in [1.29, 1.82) is 0 Å². The molecular formula is C19H23BrClN5OS. The van der Waals surface area contributed by atoms with Crippen LogP contribution in [0.5, 0.6) is 5.75 Å². The Morgan fingerprint density at radius 3 is 2.68 bits per heavy atom. The normalized spacial score (nSPS) is 10.5. The Morgan fingerprint density at radius 1 is 1.18 bits per heavy atom. The van der Waals surface area contributed by atoms with Crippen LogP contribution in [0.25, 0.3) is 0 Å². The summed E-state index contributed by atoms with van der Waals surface area (Å²) in [6.07, 6.45) is 0. The maximum atomic E-state index is 6.05. The van der Waals surface area contributed by atoms with Crippen molar-refractivity contribution in [2.75, 3.05) is 12.3 Å². The van der Waals surface area contributed by atoms with Crippen LogP contribution in [0.2, 0.25) is 0 Å². The molecular weight excluding hydrogens is 462 g/mol. The minimum Gasteiger partial charge on any atom is -0.489 e. The summed E-state index contributed by atoms with van der Waals surface area (Å²) in [6.45, 7) is 4.23. The van der Waals surface area contributed by atoms with Crippen molar-refractivity contribution < 1.29 is 4.74 Å². The van der Waals surface area contributed by atoms with Gasteiger partial charge in [-0.15, -0.1) is 17.5 Å². The fraction of sp³-hybridized carbons (Fsp3) is 0.316. The highest BCUT2D eigenvalue weighted by molar-refractivity contribution is 9.10. The number of tetrazole rings is 1. The van der Waals surface area contributed by atoms with Crippen LogP contribution in [-0.2, 0) is 20.2 Å². The monoisotopic (exact) mass is 483 g/mol. The second-order valence-electron chi connectivity index (χ2n) is 6.14. The van der Waals surface area contributed by atoms with Gasteiger partial charge in [0.1, 0.15) is 12.4 Å². The minimum atomic E-state index is 0. The maximum absolute atomic E-state index is 6.05. The fourth-order valence-electron chi connectivity index (χ4n) is 2.45. The van der Waals surface area contributed by atoms with Crippen molar-refractivity contribution in [3.63, 3.8) is 0 Å². The zero-order valence-electron chi connectivity index (χ0n) is 15.8. The van der Waals surface area contributed by atoms with E-state index in [1.807, 2.05) is 19.2 Å². The average molecular weight is 485 g/mol. The number of aromatic nitrogens is 4. The summed E-state index contributed by atoms with van der Waals surface area (Å²) in [5.74, 6) is 1.79. The van der Waals surface area contributed by atoms with E-state index in [4.69, 9.17) is 4.74 Å². The number of nitrogens with zero attached hydrogens (tertiary/aromatic N) is 4. The Kier molecular flexibility index (Phi) is 9.24. The smallest absolute Gasteiger partial charge is 0.209 e. The molecule has 0 aliphatic carbocycles. The number of halogens is 2. The Balaban J connectivity index is 0.00000280. The predicted octanol–water partition coefficient (Wildman–Crippen LogP) is 4.16. The van der Waals surface area contributed by atoms with E-state index >= 15 is 0 Å². The lowest BCUT2D eigenvalue weighted by molar-refractivity contribution is 0.302. The van der Waals surface area contributed by atoms with Gasteiger partial charge in [-0.1, -0.05) is 57.5 Å². The molecule has 0 saturated carbocycles.